The summed E-state index contributed by atoms with van der Waals surface area (Å²) >= 11 is 3.92. The van der Waals surface area contributed by atoms with E-state index in [0.717, 1.165) is 17.3 Å². The van der Waals surface area contributed by atoms with Gasteiger partial charge in [-0.2, -0.15) is 0 Å². The van der Waals surface area contributed by atoms with E-state index in [4.69, 9.17) is 48.2 Å². The van der Waals surface area contributed by atoms with E-state index in [-0.39, 0.29) is 84.7 Å². The third-order valence-electron chi connectivity index (χ3n) is 13.2. The van der Waals surface area contributed by atoms with Crippen LogP contribution in [0.3, 0.4) is 0 Å². The SMILES string of the molecule is CC[C@H]1CCC[C@H](OC2OC(C)C(N=[N+]=[N-])CC2OC(C)=O)[C@@H](C)C(=O)C2=C[C@@H]3[C@@H](C=C(Br)[C@@H]4C[C@@H](OC5OC(C)C(OC)C(OC)C5OC)C[C@@H]34)[C@@H]2CC(=O)O1. The molecule has 0 radical (unpaired) electrons. The molecular formula is C41H60BrN3O12. The topological polar surface area (TPSA) is 183 Å². The first kappa shape index (κ1) is 44.2. The van der Waals surface area contributed by atoms with Crippen LogP contribution in [0.5, 0.6) is 0 Å². The lowest BCUT2D eigenvalue weighted by molar-refractivity contribution is -0.314. The fraction of sp³-hybridized carbons (Fsp3) is 0.829. The predicted octanol–water partition coefficient (Wildman–Crippen LogP) is 6.50. The van der Waals surface area contributed by atoms with Crippen LogP contribution in [-0.4, -0.2) is 113 Å². The van der Waals surface area contributed by atoms with Crippen molar-refractivity contribution in [3.63, 3.8) is 0 Å². The zero-order valence-corrected chi connectivity index (χ0v) is 35.9. The molecule has 318 valence electrons. The molecule has 57 heavy (non-hydrogen) atoms. The quantitative estimate of drug-likeness (QED) is 0.101. The summed E-state index contributed by atoms with van der Waals surface area (Å²) in [6, 6.07) is -0.551. The molecule has 3 aliphatic heterocycles. The van der Waals surface area contributed by atoms with Gasteiger partial charge in [0.1, 0.15) is 24.4 Å². The molecule has 6 aliphatic rings. The average Bonchev–Trinajstić information content (AvgIpc) is 3.76. The van der Waals surface area contributed by atoms with Crippen molar-refractivity contribution in [2.24, 2.45) is 40.6 Å². The number of rotatable bonds is 10. The number of hydrogen-bond donors (Lipinski definition) is 0. The van der Waals surface area contributed by atoms with Gasteiger partial charge in [-0.05, 0) is 91.6 Å². The van der Waals surface area contributed by atoms with E-state index >= 15 is 0 Å². The first-order valence-corrected chi connectivity index (χ1v) is 21.4. The maximum Gasteiger partial charge on any atom is 0.306 e. The van der Waals surface area contributed by atoms with Gasteiger partial charge in [-0.15, -0.1) is 0 Å². The molecule has 15 nitrogen and oxygen atoms in total. The first-order chi connectivity index (χ1) is 27.3. The molecule has 6 rings (SSSR count). The van der Waals surface area contributed by atoms with Crippen LogP contribution in [0.2, 0.25) is 0 Å². The maximum absolute atomic E-state index is 14.8. The minimum atomic E-state index is -0.971. The number of azide groups is 1. The summed E-state index contributed by atoms with van der Waals surface area (Å²) in [7, 11) is 4.89. The summed E-state index contributed by atoms with van der Waals surface area (Å²) in [4.78, 5) is 43.6. The van der Waals surface area contributed by atoms with Crippen molar-refractivity contribution in [3.8, 4) is 0 Å². The Hall–Kier alpha value is -2.40. The predicted molar refractivity (Wildman–Crippen MR) is 208 cm³/mol. The number of cyclic esters (lactones) is 1. The molecule has 0 N–H and O–H groups in total. The van der Waals surface area contributed by atoms with E-state index < -0.39 is 54.9 Å². The summed E-state index contributed by atoms with van der Waals surface area (Å²) < 4.78 is 56.0. The van der Waals surface area contributed by atoms with Crippen molar-refractivity contribution in [1.82, 2.24) is 0 Å². The third-order valence-corrected chi connectivity index (χ3v) is 14.1. The number of nitrogens with zero attached hydrogens (tertiary/aromatic N) is 3. The highest BCUT2D eigenvalue weighted by Crippen LogP contribution is 2.57. The summed E-state index contributed by atoms with van der Waals surface area (Å²) in [5.41, 5.74) is 9.74. The number of Topliss-reactive ketones (excluding diaryl/α,β-unsaturated/α-hetero) is 1. The number of carbonyl (C=O) groups is 3. The summed E-state index contributed by atoms with van der Waals surface area (Å²) in [5, 5.41) is 3.85. The molecule has 0 bridgehead atoms. The fourth-order valence-electron chi connectivity index (χ4n) is 10.3. The van der Waals surface area contributed by atoms with Gasteiger partial charge in [0, 0.05) is 51.4 Å². The van der Waals surface area contributed by atoms with Gasteiger partial charge in [-0.1, -0.05) is 47.0 Å². The Bertz CT molecular complexity index is 1570. The van der Waals surface area contributed by atoms with E-state index in [2.05, 4.69) is 38.1 Å². The molecule has 3 saturated heterocycles. The van der Waals surface area contributed by atoms with Gasteiger partial charge in [0.25, 0.3) is 0 Å². The highest BCUT2D eigenvalue weighted by Gasteiger charge is 2.54. The average molecular weight is 867 g/mol. The zero-order chi connectivity index (χ0) is 41.1. The van der Waals surface area contributed by atoms with Crippen molar-refractivity contribution in [2.45, 2.75) is 160 Å². The summed E-state index contributed by atoms with van der Waals surface area (Å²) in [6.07, 6.45) is 3.02. The summed E-state index contributed by atoms with van der Waals surface area (Å²) in [6.45, 7) is 8.91. The van der Waals surface area contributed by atoms with Gasteiger partial charge in [0.05, 0.1) is 36.9 Å². The number of methoxy groups -OCH3 is 3. The zero-order valence-electron chi connectivity index (χ0n) is 34.3. The number of allylic oxidation sites excluding steroid dienone is 4. The number of esters is 2. The van der Waals surface area contributed by atoms with Crippen LogP contribution in [0, 0.1) is 35.5 Å². The van der Waals surface area contributed by atoms with Crippen molar-refractivity contribution in [2.75, 3.05) is 21.3 Å². The Balaban J connectivity index is 1.26. The van der Waals surface area contributed by atoms with Crippen LogP contribution in [0.25, 0.3) is 10.4 Å². The van der Waals surface area contributed by atoms with Gasteiger partial charge < -0.3 is 42.6 Å². The smallest absolute Gasteiger partial charge is 0.306 e. The van der Waals surface area contributed by atoms with Crippen molar-refractivity contribution < 1.29 is 57.0 Å². The second-order valence-electron chi connectivity index (χ2n) is 16.6. The van der Waals surface area contributed by atoms with Gasteiger partial charge in [-0.3, -0.25) is 14.4 Å². The molecule has 1 saturated carbocycles. The number of ketones is 1. The molecule has 9 unspecified atom stereocenters. The van der Waals surface area contributed by atoms with E-state index in [0.29, 0.717) is 31.3 Å². The second-order valence-corrected chi connectivity index (χ2v) is 17.5. The lowest BCUT2D eigenvalue weighted by Crippen LogP contribution is -2.59. The van der Waals surface area contributed by atoms with E-state index in [1.165, 1.54) is 6.92 Å². The molecule has 0 aromatic rings. The van der Waals surface area contributed by atoms with Gasteiger partial charge in [-0.25, -0.2) is 0 Å². The Morgan fingerprint density at radius 2 is 1.61 bits per heavy atom. The Labute approximate surface area is 343 Å². The highest BCUT2D eigenvalue weighted by molar-refractivity contribution is 9.11. The molecule has 0 amide bonds. The maximum atomic E-state index is 14.8. The van der Waals surface area contributed by atoms with Crippen LogP contribution >= 0.6 is 15.9 Å². The number of fused-ring (bicyclic) bond motifs is 5. The monoisotopic (exact) mass is 865 g/mol. The van der Waals surface area contributed by atoms with E-state index in [1.807, 2.05) is 20.8 Å². The molecule has 4 fully saturated rings. The number of hydrogen-bond acceptors (Lipinski definition) is 13. The fourth-order valence-corrected chi connectivity index (χ4v) is 11.1. The highest BCUT2D eigenvalue weighted by atomic mass is 79.9. The van der Waals surface area contributed by atoms with Crippen molar-refractivity contribution in [3.05, 3.63) is 32.7 Å². The normalized spacial score (nSPS) is 43.8. The van der Waals surface area contributed by atoms with Crippen LogP contribution in [-0.2, 0) is 57.0 Å². The molecule has 0 aromatic carbocycles. The first-order valence-electron chi connectivity index (χ1n) is 20.6. The lowest BCUT2D eigenvalue weighted by Gasteiger charge is -2.44. The largest absolute Gasteiger partial charge is 0.462 e. The molecule has 3 heterocycles. The lowest BCUT2D eigenvalue weighted by atomic mass is 9.70. The van der Waals surface area contributed by atoms with Crippen LogP contribution in [0.4, 0.5) is 0 Å². The van der Waals surface area contributed by atoms with Crippen molar-refractivity contribution in [1.29, 1.82) is 0 Å². The molecule has 0 spiro atoms. The molecule has 18 atom stereocenters. The van der Waals surface area contributed by atoms with Gasteiger partial charge in [0.2, 0.25) is 0 Å². The standard InChI is InChI=1S/C41H60BrN3O12/c1-9-23-11-10-12-33(57-40-34(54-22(5)46)18-32(44-45-43)20(3)52-40)19(2)36(48)30-15-26-25-13-24(14-29(25)31(42)16-27(26)28(30)17-35(47)55-23)56-41-39(51-8)38(50-7)37(49-6)21(4)53-41/h15-16,19-21,23-29,32-34,37-41H,9-14,17-18H2,1-8H3/t19-,20?,21?,23+,24+,25+,26+,27-,28+,29-,32?,33+,34?,37?,38?,39?,40?,41?/m1/s1. The van der Waals surface area contributed by atoms with E-state index in [1.54, 1.807) is 28.3 Å². The van der Waals surface area contributed by atoms with Crippen molar-refractivity contribution >= 4 is 33.7 Å². The van der Waals surface area contributed by atoms with Gasteiger partial charge >= 0.3 is 11.9 Å². The van der Waals surface area contributed by atoms with Crippen LogP contribution < -0.4 is 0 Å². The number of carbonyl (C=O) groups excluding carboxylic acids is 3. The second kappa shape index (κ2) is 19.3. The molecule has 0 aromatic heterocycles. The molecular weight excluding hydrogens is 806 g/mol. The minimum absolute atomic E-state index is 0.0113. The molecule has 16 heteroatoms. The Morgan fingerprint density at radius 1 is 0.895 bits per heavy atom. The Morgan fingerprint density at radius 3 is 2.28 bits per heavy atom. The van der Waals surface area contributed by atoms with Crippen LogP contribution in [0.1, 0.15) is 86.0 Å². The Kier molecular flexibility index (Phi) is 15.0. The number of ether oxygens (including phenoxy) is 9. The van der Waals surface area contributed by atoms with Gasteiger partial charge in [0.15, 0.2) is 24.5 Å². The summed E-state index contributed by atoms with van der Waals surface area (Å²) in [5.74, 6) is -1.72. The van der Waals surface area contributed by atoms with Crippen LogP contribution in [0.15, 0.2) is 27.3 Å². The molecule has 3 aliphatic carbocycles. The third kappa shape index (κ3) is 9.49. The minimum Gasteiger partial charge on any atom is -0.462 e. The van der Waals surface area contributed by atoms with E-state index in [9.17, 15) is 14.4 Å². The number of halogens is 1.